The highest BCUT2D eigenvalue weighted by atomic mass is 16.4. The van der Waals surface area contributed by atoms with Crippen LogP contribution in [0.3, 0.4) is 0 Å². The Kier molecular flexibility index (Phi) is 5.91. The molecule has 0 saturated heterocycles. The number of amides is 2. The van der Waals surface area contributed by atoms with Gasteiger partial charge in [0, 0.05) is 36.2 Å². The molecular weight excluding hydrogens is 296 g/mol. The first-order chi connectivity index (χ1) is 11.1. The molecule has 2 aromatic rings. The molecule has 0 aliphatic heterocycles. The fourth-order valence-corrected chi connectivity index (χ4v) is 2.37. The molecule has 1 heterocycles. The van der Waals surface area contributed by atoms with Crippen molar-refractivity contribution in [2.24, 2.45) is 0 Å². The van der Waals surface area contributed by atoms with Gasteiger partial charge in [0.05, 0.1) is 0 Å². The van der Waals surface area contributed by atoms with Crippen LogP contribution < -0.4 is 16.3 Å². The van der Waals surface area contributed by atoms with Crippen LogP contribution in [-0.2, 0) is 9.59 Å². The first kappa shape index (κ1) is 16.7. The monoisotopic (exact) mass is 316 g/mol. The van der Waals surface area contributed by atoms with Gasteiger partial charge in [0.1, 0.15) is 5.58 Å². The first-order valence-electron chi connectivity index (χ1n) is 7.61. The second-order valence-electron chi connectivity index (χ2n) is 5.39. The minimum Gasteiger partial charge on any atom is -0.423 e. The zero-order chi connectivity index (χ0) is 16.7. The first-order valence-corrected chi connectivity index (χ1v) is 7.61. The van der Waals surface area contributed by atoms with Gasteiger partial charge in [-0.25, -0.2) is 4.79 Å². The third-order valence-corrected chi connectivity index (χ3v) is 3.54. The van der Waals surface area contributed by atoms with Crippen molar-refractivity contribution in [1.29, 1.82) is 0 Å². The van der Waals surface area contributed by atoms with Gasteiger partial charge < -0.3 is 15.1 Å². The molecule has 1 aromatic carbocycles. The molecule has 2 rings (SSSR count). The second kappa shape index (κ2) is 8.12. The minimum absolute atomic E-state index is 0.0808. The summed E-state index contributed by atoms with van der Waals surface area (Å²) in [7, 11) is 0. The molecule has 2 amide bonds. The van der Waals surface area contributed by atoms with Crippen LogP contribution in [0.1, 0.15) is 31.2 Å². The van der Waals surface area contributed by atoms with Gasteiger partial charge in [-0.1, -0.05) is 6.42 Å². The molecule has 0 fully saturated rings. The van der Waals surface area contributed by atoms with Crippen molar-refractivity contribution in [3.63, 3.8) is 0 Å². The zero-order valence-corrected chi connectivity index (χ0v) is 13.1. The van der Waals surface area contributed by atoms with Gasteiger partial charge in [0.2, 0.25) is 12.3 Å². The highest BCUT2D eigenvalue weighted by Crippen LogP contribution is 2.20. The van der Waals surface area contributed by atoms with Crippen LogP contribution >= 0.6 is 0 Å². The van der Waals surface area contributed by atoms with Gasteiger partial charge in [-0.05, 0) is 37.5 Å². The molecule has 0 atom stereocenters. The number of hydrogen-bond donors (Lipinski definition) is 2. The van der Waals surface area contributed by atoms with Crippen molar-refractivity contribution in [1.82, 2.24) is 5.32 Å². The van der Waals surface area contributed by atoms with Gasteiger partial charge in [0.25, 0.3) is 0 Å². The van der Waals surface area contributed by atoms with Crippen LogP contribution in [0, 0.1) is 6.92 Å². The lowest BCUT2D eigenvalue weighted by atomic mass is 10.1. The molecule has 0 radical (unpaired) electrons. The van der Waals surface area contributed by atoms with Gasteiger partial charge in [0.15, 0.2) is 0 Å². The summed E-state index contributed by atoms with van der Waals surface area (Å²) in [6, 6.07) is 6.73. The van der Waals surface area contributed by atoms with E-state index in [1.165, 1.54) is 6.07 Å². The molecular formula is C17H20N2O4. The van der Waals surface area contributed by atoms with Gasteiger partial charge in [-0.3, -0.25) is 9.59 Å². The van der Waals surface area contributed by atoms with Gasteiger partial charge in [-0.15, -0.1) is 0 Å². The SMILES string of the molecule is Cc1cc(=O)oc2cc(NC(=O)CCCCCNC=O)ccc12. The number of carbonyl (C=O) groups excluding carboxylic acids is 2. The van der Waals surface area contributed by atoms with E-state index in [2.05, 4.69) is 10.6 Å². The average Bonchev–Trinajstić information content (AvgIpc) is 2.50. The summed E-state index contributed by atoms with van der Waals surface area (Å²) in [5, 5.41) is 6.24. The summed E-state index contributed by atoms with van der Waals surface area (Å²) in [5.74, 6) is -0.0808. The zero-order valence-electron chi connectivity index (χ0n) is 13.1. The number of aryl methyl sites for hydroxylation is 1. The van der Waals surface area contributed by atoms with E-state index in [0.717, 1.165) is 30.2 Å². The van der Waals surface area contributed by atoms with Gasteiger partial charge in [-0.2, -0.15) is 0 Å². The Balaban J connectivity index is 1.90. The van der Waals surface area contributed by atoms with E-state index in [9.17, 15) is 14.4 Å². The Morgan fingerprint density at radius 2 is 2.04 bits per heavy atom. The number of rotatable bonds is 8. The number of nitrogens with one attached hydrogen (secondary N) is 2. The predicted molar refractivity (Wildman–Crippen MR) is 88.4 cm³/mol. The molecule has 23 heavy (non-hydrogen) atoms. The Labute approximate surface area is 133 Å². The molecule has 0 aliphatic rings. The number of anilines is 1. The van der Waals surface area contributed by atoms with Crippen LogP contribution in [0.25, 0.3) is 11.0 Å². The lowest BCUT2D eigenvalue weighted by Gasteiger charge is -2.07. The molecule has 0 aliphatic carbocycles. The van der Waals surface area contributed by atoms with Crippen molar-refractivity contribution in [2.45, 2.75) is 32.6 Å². The van der Waals surface area contributed by atoms with E-state index in [1.54, 1.807) is 12.1 Å². The number of unbranched alkanes of at least 4 members (excludes halogenated alkanes) is 2. The highest BCUT2D eigenvalue weighted by molar-refractivity contribution is 5.93. The molecule has 0 saturated carbocycles. The smallest absolute Gasteiger partial charge is 0.336 e. The Morgan fingerprint density at radius 1 is 1.22 bits per heavy atom. The standard InChI is InChI=1S/C17H20N2O4/c1-12-9-17(22)23-15-10-13(6-7-14(12)15)19-16(21)5-3-2-4-8-18-11-20/h6-7,9-11H,2-5,8H2,1H3,(H,18,20)(H,19,21). The Bertz CT molecular complexity index is 752. The van der Waals surface area contributed by atoms with Crippen LogP contribution in [0.2, 0.25) is 0 Å². The maximum atomic E-state index is 11.9. The van der Waals surface area contributed by atoms with E-state index in [-0.39, 0.29) is 5.91 Å². The van der Waals surface area contributed by atoms with E-state index in [0.29, 0.717) is 30.6 Å². The molecule has 6 nitrogen and oxygen atoms in total. The number of hydrogen-bond acceptors (Lipinski definition) is 4. The third kappa shape index (κ3) is 4.95. The van der Waals surface area contributed by atoms with E-state index >= 15 is 0 Å². The number of fused-ring (bicyclic) bond motifs is 1. The second-order valence-corrected chi connectivity index (χ2v) is 5.39. The van der Waals surface area contributed by atoms with Gasteiger partial charge >= 0.3 is 5.63 Å². The normalized spacial score (nSPS) is 10.5. The van der Waals surface area contributed by atoms with Crippen LogP contribution in [-0.4, -0.2) is 18.9 Å². The Morgan fingerprint density at radius 3 is 2.83 bits per heavy atom. The lowest BCUT2D eigenvalue weighted by Crippen LogP contribution is -2.13. The van der Waals surface area contributed by atoms with Crippen molar-refractivity contribution in [3.05, 3.63) is 40.2 Å². The van der Waals surface area contributed by atoms with Crippen LogP contribution in [0.4, 0.5) is 5.69 Å². The summed E-state index contributed by atoms with van der Waals surface area (Å²) in [5.41, 5.74) is 1.52. The lowest BCUT2D eigenvalue weighted by molar-refractivity contribution is -0.116. The molecule has 0 spiro atoms. The summed E-state index contributed by atoms with van der Waals surface area (Å²) in [6.07, 6.45) is 3.57. The average molecular weight is 316 g/mol. The van der Waals surface area contributed by atoms with Crippen LogP contribution in [0.15, 0.2) is 33.5 Å². The summed E-state index contributed by atoms with van der Waals surface area (Å²) in [4.78, 5) is 33.4. The molecule has 0 unspecified atom stereocenters. The fourth-order valence-electron chi connectivity index (χ4n) is 2.37. The van der Waals surface area contributed by atoms with E-state index < -0.39 is 5.63 Å². The molecule has 0 bridgehead atoms. The Hall–Kier alpha value is -2.63. The number of benzene rings is 1. The molecule has 1 aromatic heterocycles. The van der Waals surface area contributed by atoms with E-state index in [4.69, 9.17) is 4.42 Å². The van der Waals surface area contributed by atoms with Crippen molar-refractivity contribution >= 4 is 29.0 Å². The molecule has 122 valence electrons. The third-order valence-electron chi connectivity index (χ3n) is 3.54. The van der Waals surface area contributed by atoms with Crippen LogP contribution in [0.5, 0.6) is 0 Å². The highest BCUT2D eigenvalue weighted by Gasteiger charge is 2.06. The van der Waals surface area contributed by atoms with Crippen molar-refractivity contribution in [3.8, 4) is 0 Å². The molecule has 2 N–H and O–H groups in total. The maximum Gasteiger partial charge on any atom is 0.336 e. The number of carbonyl (C=O) groups is 2. The van der Waals surface area contributed by atoms with E-state index in [1.807, 2.05) is 13.0 Å². The predicted octanol–water partition coefficient (Wildman–Crippen LogP) is 2.35. The minimum atomic E-state index is -0.401. The van der Waals surface area contributed by atoms with Crippen molar-refractivity contribution in [2.75, 3.05) is 11.9 Å². The summed E-state index contributed by atoms with van der Waals surface area (Å²) < 4.78 is 5.16. The topological polar surface area (TPSA) is 88.4 Å². The summed E-state index contributed by atoms with van der Waals surface area (Å²) >= 11 is 0. The molecule has 6 heteroatoms. The largest absolute Gasteiger partial charge is 0.423 e. The quantitative estimate of drug-likeness (QED) is 0.444. The fraction of sp³-hybridized carbons (Fsp3) is 0.353. The van der Waals surface area contributed by atoms with Crippen molar-refractivity contribution < 1.29 is 14.0 Å². The maximum absolute atomic E-state index is 11.9. The summed E-state index contributed by atoms with van der Waals surface area (Å²) in [6.45, 7) is 2.48.